The maximum Gasteiger partial charge on any atom is 0.405 e. The van der Waals surface area contributed by atoms with Crippen molar-refractivity contribution in [1.82, 2.24) is 5.32 Å². The van der Waals surface area contributed by atoms with E-state index in [9.17, 15) is 13.6 Å². The molecule has 0 bridgehead atoms. The summed E-state index contributed by atoms with van der Waals surface area (Å²) >= 11 is 0. The van der Waals surface area contributed by atoms with Crippen LogP contribution in [0.1, 0.15) is 11.6 Å². The zero-order chi connectivity index (χ0) is 11.4. The van der Waals surface area contributed by atoms with E-state index in [2.05, 4.69) is 0 Å². The van der Waals surface area contributed by atoms with Crippen LogP contribution in [0.4, 0.5) is 13.6 Å². The van der Waals surface area contributed by atoms with E-state index >= 15 is 0 Å². The van der Waals surface area contributed by atoms with E-state index in [1.165, 1.54) is 12.1 Å². The number of aliphatic hydroxyl groups is 1. The van der Waals surface area contributed by atoms with Crippen molar-refractivity contribution in [3.63, 3.8) is 0 Å². The molecule has 0 aliphatic heterocycles. The van der Waals surface area contributed by atoms with Crippen LogP contribution in [0.2, 0.25) is 0 Å². The van der Waals surface area contributed by atoms with Gasteiger partial charge >= 0.3 is 6.09 Å². The maximum absolute atomic E-state index is 13.2. The van der Waals surface area contributed by atoms with E-state index in [0.717, 1.165) is 6.07 Å². The van der Waals surface area contributed by atoms with E-state index < -0.39 is 30.4 Å². The Hall–Kier alpha value is -1.69. The van der Waals surface area contributed by atoms with Crippen molar-refractivity contribution in [2.75, 3.05) is 6.61 Å². The fourth-order valence-electron chi connectivity index (χ4n) is 1.16. The van der Waals surface area contributed by atoms with E-state index in [-0.39, 0.29) is 5.56 Å². The molecule has 0 saturated carbocycles. The predicted molar refractivity (Wildman–Crippen MR) is 47.3 cm³/mol. The minimum atomic E-state index is -1.42. The fourth-order valence-corrected chi connectivity index (χ4v) is 1.16. The van der Waals surface area contributed by atoms with Crippen molar-refractivity contribution in [2.24, 2.45) is 0 Å². The average molecular weight is 217 g/mol. The van der Waals surface area contributed by atoms with Gasteiger partial charge in [0.05, 0.1) is 12.6 Å². The number of hydrogen-bond donors (Lipinski definition) is 3. The van der Waals surface area contributed by atoms with E-state index in [1.54, 1.807) is 0 Å². The van der Waals surface area contributed by atoms with Gasteiger partial charge < -0.3 is 15.5 Å². The number of amides is 1. The van der Waals surface area contributed by atoms with Crippen LogP contribution in [0, 0.1) is 11.6 Å². The molecular formula is C9H9F2NO3. The zero-order valence-corrected chi connectivity index (χ0v) is 7.58. The fraction of sp³-hybridized carbons (Fsp3) is 0.222. The molecule has 1 aromatic rings. The van der Waals surface area contributed by atoms with Crippen molar-refractivity contribution in [3.05, 3.63) is 35.4 Å². The lowest BCUT2D eigenvalue weighted by atomic mass is 10.1. The Labute approximate surface area is 84.2 Å². The molecule has 0 heterocycles. The van der Waals surface area contributed by atoms with E-state index in [4.69, 9.17) is 10.2 Å². The second-order valence-electron chi connectivity index (χ2n) is 2.83. The van der Waals surface area contributed by atoms with Crippen LogP contribution >= 0.6 is 0 Å². The summed E-state index contributed by atoms with van der Waals surface area (Å²) in [5.41, 5.74) is -0.222. The summed E-state index contributed by atoms with van der Waals surface area (Å²) in [5, 5.41) is 19.1. The zero-order valence-electron chi connectivity index (χ0n) is 7.58. The molecule has 1 amide bonds. The quantitative estimate of drug-likeness (QED) is 0.714. The summed E-state index contributed by atoms with van der Waals surface area (Å²) in [6, 6.07) is 2.18. The molecule has 82 valence electrons. The molecule has 0 spiro atoms. The number of hydrogen-bond acceptors (Lipinski definition) is 2. The van der Waals surface area contributed by atoms with Crippen LogP contribution in [0.5, 0.6) is 0 Å². The van der Waals surface area contributed by atoms with Gasteiger partial charge in [-0.15, -0.1) is 0 Å². The van der Waals surface area contributed by atoms with Crippen LogP contribution in [0.25, 0.3) is 0 Å². The molecule has 1 unspecified atom stereocenters. The Balaban J connectivity index is 3.01. The summed E-state index contributed by atoms with van der Waals surface area (Å²) in [4.78, 5) is 10.3. The highest BCUT2D eigenvalue weighted by Gasteiger charge is 2.18. The molecule has 0 fully saturated rings. The Morgan fingerprint density at radius 2 is 2.13 bits per heavy atom. The van der Waals surface area contributed by atoms with Gasteiger partial charge in [-0.25, -0.2) is 13.6 Å². The summed E-state index contributed by atoms with van der Waals surface area (Å²) in [7, 11) is 0. The SMILES string of the molecule is O=C(O)NC(CO)c1cccc(F)c1F. The maximum atomic E-state index is 13.2. The lowest BCUT2D eigenvalue weighted by Crippen LogP contribution is -2.30. The van der Waals surface area contributed by atoms with Gasteiger partial charge in [-0.2, -0.15) is 0 Å². The normalized spacial score (nSPS) is 12.2. The highest BCUT2D eigenvalue weighted by atomic mass is 19.2. The second kappa shape index (κ2) is 4.70. The first-order valence-corrected chi connectivity index (χ1v) is 4.10. The number of carbonyl (C=O) groups is 1. The molecule has 1 aromatic carbocycles. The number of aliphatic hydroxyl groups excluding tert-OH is 1. The highest BCUT2D eigenvalue weighted by Crippen LogP contribution is 2.18. The van der Waals surface area contributed by atoms with E-state index in [0.29, 0.717) is 0 Å². The standard InChI is InChI=1S/C9H9F2NO3/c10-6-3-1-2-5(8(6)11)7(4-13)12-9(14)15/h1-3,7,12-13H,4H2,(H,14,15). The van der Waals surface area contributed by atoms with Crippen LogP contribution in [-0.2, 0) is 0 Å². The Bertz CT molecular complexity index is 370. The van der Waals surface area contributed by atoms with Crippen LogP contribution in [0.3, 0.4) is 0 Å². The third-order valence-electron chi connectivity index (χ3n) is 1.84. The van der Waals surface area contributed by atoms with Gasteiger partial charge in [-0.3, -0.25) is 0 Å². The largest absolute Gasteiger partial charge is 0.465 e. The molecule has 4 nitrogen and oxygen atoms in total. The molecule has 6 heteroatoms. The van der Waals surface area contributed by atoms with Crippen molar-refractivity contribution in [1.29, 1.82) is 0 Å². The van der Waals surface area contributed by atoms with Gasteiger partial charge in [0.15, 0.2) is 11.6 Å². The van der Waals surface area contributed by atoms with Gasteiger partial charge in [0, 0.05) is 5.56 Å². The molecule has 0 aliphatic carbocycles. The first-order chi connectivity index (χ1) is 7.06. The minimum Gasteiger partial charge on any atom is -0.465 e. The summed E-state index contributed by atoms with van der Waals surface area (Å²) in [6.45, 7) is -0.646. The third kappa shape index (κ3) is 2.63. The smallest absolute Gasteiger partial charge is 0.405 e. The molecule has 0 radical (unpaired) electrons. The summed E-state index contributed by atoms with van der Waals surface area (Å²) in [5.74, 6) is -2.25. The number of halogens is 2. The Kier molecular flexibility index (Phi) is 3.56. The molecule has 1 rings (SSSR count). The first-order valence-electron chi connectivity index (χ1n) is 4.10. The second-order valence-corrected chi connectivity index (χ2v) is 2.83. The molecule has 0 aromatic heterocycles. The molecular weight excluding hydrogens is 208 g/mol. The van der Waals surface area contributed by atoms with Gasteiger partial charge in [-0.1, -0.05) is 12.1 Å². The van der Waals surface area contributed by atoms with Crippen LogP contribution in [0.15, 0.2) is 18.2 Å². The third-order valence-corrected chi connectivity index (χ3v) is 1.84. The van der Waals surface area contributed by atoms with Gasteiger partial charge in [0.25, 0.3) is 0 Å². The van der Waals surface area contributed by atoms with Crippen molar-refractivity contribution in [2.45, 2.75) is 6.04 Å². The minimum absolute atomic E-state index is 0.222. The summed E-state index contributed by atoms with van der Waals surface area (Å²) < 4.78 is 26.0. The van der Waals surface area contributed by atoms with Gasteiger partial charge in [0.1, 0.15) is 0 Å². The van der Waals surface area contributed by atoms with Crippen molar-refractivity contribution >= 4 is 6.09 Å². The number of rotatable bonds is 3. The lowest BCUT2D eigenvalue weighted by molar-refractivity contribution is 0.176. The van der Waals surface area contributed by atoms with E-state index in [1.807, 2.05) is 5.32 Å². The first kappa shape index (κ1) is 11.4. The van der Waals surface area contributed by atoms with Gasteiger partial charge in [0.2, 0.25) is 0 Å². The molecule has 15 heavy (non-hydrogen) atoms. The van der Waals surface area contributed by atoms with Crippen LogP contribution in [-0.4, -0.2) is 22.9 Å². The Morgan fingerprint density at radius 1 is 1.47 bits per heavy atom. The van der Waals surface area contributed by atoms with Crippen molar-refractivity contribution in [3.8, 4) is 0 Å². The van der Waals surface area contributed by atoms with Gasteiger partial charge in [-0.05, 0) is 6.07 Å². The molecule has 3 N–H and O–H groups in total. The van der Waals surface area contributed by atoms with Crippen molar-refractivity contribution < 1.29 is 23.8 Å². The topological polar surface area (TPSA) is 69.6 Å². The Morgan fingerprint density at radius 3 is 2.67 bits per heavy atom. The molecule has 1 atom stereocenters. The predicted octanol–water partition coefficient (Wildman–Crippen LogP) is 1.27. The molecule has 0 aliphatic rings. The number of benzene rings is 1. The number of carboxylic acid groups (broad SMARTS) is 1. The summed E-state index contributed by atoms with van der Waals surface area (Å²) in [6.07, 6.45) is -1.42. The highest BCUT2D eigenvalue weighted by molar-refractivity contribution is 5.65. The van der Waals surface area contributed by atoms with Crippen LogP contribution < -0.4 is 5.32 Å². The number of nitrogens with one attached hydrogen (secondary N) is 1. The average Bonchev–Trinajstić information content (AvgIpc) is 2.19. The lowest BCUT2D eigenvalue weighted by Gasteiger charge is -2.15. The monoisotopic (exact) mass is 217 g/mol. The molecule has 0 saturated heterocycles.